The van der Waals surface area contributed by atoms with E-state index in [1.54, 1.807) is 18.2 Å². The van der Waals surface area contributed by atoms with Gasteiger partial charge < -0.3 is 19.5 Å². The van der Waals surface area contributed by atoms with Crippen LogP contribution in [-0.2, 0) is 9.53 Å². The van der Waals surface area contributed by atoms with Crippen molar-refractivity contribution in [3.05, 3.63) is 57.6 Å². The number of Topliss-reactive ketones (excluding diaryl/α,β-unsaturated/α-hetero) is 1. The number of rotatable bonds is 8. The second kappa shape index (κ2) is 9.50. The lowest BCUT2D eigenvalue weighted by Crippen LogP contribution is -2.30. The number of carbonyl (C=O) groups is 3. The molecule has 0 aliphatic rings. The van der Waals surface area contributed by atoms with Gasteiger partial charge in [0.15, 0.2) is 23.4 Å². The van der Waals surface area contributed by atoms with E-state index in [2.05, 4.69) is 5.32 Å². The van der Waals surface area contributed by atoms with Crippen LogP contribution in [0.3, 0.4) is 0 Å². The third kappa shape index (κ3) is 4.90. The molecular formula is C20H20N2O8. The maximum atomic E-state index is 12.5. The molecule has 0 fully saturated rings. The van der Waals surface area contributed by atoms with Gasteiger partial charge in [-0.2, -0.15) is 0 Å². The molecule has 0 aliphatic carbocycles. The number of benzene rings is 2. The fraction of sp³-hybridized carbons (Fsp3) is 0.250. The van der Waals surface area contributed by atoms with Gasteiger partial charge in [0.05, 0.1) is 30.9 Å². The van der Waals surface area contributed by atoms with E-state index in [-0.39, 0.29) is 23.0 Å². The van der Waals surface area contributed by atoms with Crippen LogP contribution in [0, 0.1) is 10.1 Å². The first-order valence-electron chi connectivity index (χ1n) is 8.71. The maximum absolute atomic E-state index is 12.5. The number of nitro benzene ring substituents is 1. The number of carbonyl (C=O) groups excluding carboxylic acids is 3. The third-order valence-electron chi connectivity index (χ3n) is 4.14. The number of anilines is 1. The molecule has 0 radical (unpaired) electrons. The van der Waals surface area contributed by atoms with Crippen LogP contribution in [0.4, 0.5) is 11.4 Å². The summed E-state index contributed by atoms with van der Waals surface area (Å²) in [6.07, 6.45) is -1.30. The average Bonchev–Trinajstić information content (AvgIpc) is 2.72. The van der Waals surface area contributed by atoms with E-state index >= 15 is 0 Å². The Bertz CT molecular complexity index is 1000. The lowest BCUT2D eigenvalue weighted by Gasteiger charge is -2.15. The van der Waals surface area contributed by atoms with Gasteiger partial charge in [-0.3, -0.25) is 19.7 Å². The maximum Gasteiger partial charge on any atom is 0.346 e. The largest absolute Gasteiger partial charge is 0.493 e. The summed E-state index contributed by atoms with van der Waals surface area (Å²) in [7, 11) is 2.60. The lowest BCUT2D eigenvalue weighted by atomic mass is 10.1. The number of para-hydroxylation sites is 1. The molecule has 30 heavy (non-hydrogen) atoms. The van der Waals surface area contributed by atoms with Crippen LogP contribution < -0.4 is 14.8 Å². The summed E-state index contributed by atoms with van der Waals surface area (Å²) >= 11 is 0. The predicted octanol–water partition coefficient (Wildman–Crippen LogP) is 3.00. The molecule has 0 saturated carbocycles. The summed E-state index contributed by atoms with van der Waals surface area (Å²) in [5.74, 6) is -1.91. The lowest BCUT2D eigenvalue weighted by molar-refractivity contribution is -0.385. The minimum Gasteiger partial charge on any atom is -0.493 e. The monoisotopic (exact) mass is 416 g/mol. The molecule has 158 valence electrons. The van der Waals surface area contributed by atoms with Crippen molar-refractivity contribution in [1.29, 1.82) is 0 Å². The molecule has 10 heteroatoms. The molecule has 2 aromatic carbocycles. The third-order valence-corrected chi connectivity index (χ3v) is 4.14. The number of esters is 1. The number of amides is 1. The Morgan fingerprint density at radius 2 is 1.63 bits per heavy atom. The van der Waals surface area contributed by atoms with Crippen molar-refractivity contribution in [3.8, 4) is 11.5 Å². The highest BCUT2D eigenvalue weighted by Gasteiger charge is 2.28. The van der Waals surface area contributed by atoms with E-state index < -0.39 is 34.2 Å². The fourth-order valence-corrected chi connectivity index (χ4v) is 2.59. The number of hydrogen-bond acceptors (Lipinski definition) is 8. The number of ketones is 1. The first-order valence-corrected chi connectivity index (χ1v) is 8.71. The van der Waals surface area contributed by atoms with Gasteiger partial charge in [0.2, 0.25) is 0 Å². The van der Waals surface area contributed by atoms with E-state index in [1.807, 2.05) is 0 Å². The van der Waals surface area contributed by atoms with E-state index in [0.717, 1.165) is 12.1 Å². The summed E-state index contributed by atoms with van der Waals surface area (Å²) in [5, 5.41) is 13.9. The second-order valence-corrected chi connectivity index (χ2v) is 6.12. The van der Waals surface area contributed by atoms with Gasteiger partial charge in [-0.25, -0.2) is 4.79 Å². The summed E-state index contributed by atoms with van der Waals surface area (Å²) in [4.78, 5) is 47.2. The number of ether oxygens (including phenoxy) is 3. The Morgan fingerprint density at radius 3 is 2.20 bits per heavy atom. The minimum atomic E-state index is -1.30. The highest BCUT2D eigenvalue weighted by molar-refractivity contribution is 6.05. The molecule has 2 aromatic rings. The standard InChI is InChI=1S/C20H20N2O8/c1-11(23)13-7-5-6-8-15(13)21-19(24)12(2)30-20(25)14-9-17(28-3)18(29-4)10-16(14)22(26)27/h5-10,12H,1-4H3,(H,21,24)/t12-/m1/s1. The van der Waals surface area contributed by atoms with Crippen molar-refractivity contribution < 1.29 is 33.5 Å². The zero-order chi connectivity index (χ0) is 22.4. The number of methoxy groups -OCH3 is 2. The highest BCUT2D eigenvalue weighted by Crippen LogP contribution is 2.35. The quantitative estimate of drug-likeness (QED) is 0.300. The van der Waals surface area contributed by atoms with Gasteiger partial charge in [-0.05, 0) is 26.0 Å². The summed E-state index contributed by atoms with van der Waals surface area (Å²) < 4.78 is 15.2. The summed E-state index contributed by atoms with van der Waals surface area (Å²) in [5.41, 5.74) is -0.413. The molecule has 0 unspecified atom stereocenters. The Kier molecular flexibility index (Phi) is 7.08. The van der Waals surface area contributed by atoms with Crippen molar-refractivity contribution in [3.63, 3.8) is 0 Å². The van der Waals surface area contributed by atoms with Crippen molar-refractivity contribution in [2.24, 2.45) is 0 Å². The molecule has 0 heterocycles. The van der Waals surface area contributed by atoms with Crippen molar-refractivity contribution in [1.82, 2.24) is 0 Å². The molecule has 0 bridgehead atoms. The van der Waals surface area contributed by atoms with Crippen LogP contribution in [0.2, 0.25) is 0 Å². The topological polar surface area (TPSA) is 134 Å². The highest BCUT2D eigenvalue weighted by atomic mass is 16.6. The van der Waals surface area contributed by atoms with E-state index in [0.29, 0.717) is 5.56 Å². The van der Waals surface area contributed by atoms with Crippen LogP contribution in [0.25, 0.3) is 0 Å². The summed E-state index contributed by atoms with van der Waals surface area (Å²) in [6.45, 7) is 2.65. The zero-order valence-corrected chi connectivity index (χ0v) is 16.8. The van der Waals surface area contributed by atoms with Gasteiger partial charge in [0, 0.05) is 11.6 Å². The van der Waals surface area contributed by atoms with Crippen LogP contribution in [0.15, 0.2) is 36.4 Å². The molecule has 1 N–H and O–H groups in total. The second-order valence-electron chi connectivity index (χ2n) is 6.12. The number of hydrogen-bond donors (Lipinski definition) is 1. The Hall–Kier alpha value is -3.95. The molecule has 0 saturated heterocycles. The van der Waals surface area contributed by atoms with Gasteiger partial charge >= 0.3 is 5.97 Å². The Labute approximate surface area is 171 Å². The van der Waals surface area contributed by atoms with Crippen LogP contribution in [0.5, 0.6) is 11.5 Å². The number of nitro groups is 1. The molecule has 0 aromatic heterocycles. The van der Waals surface area contributed by atoms with Gasteiger partial charge in [0.25, 0.3) is 11.6 Å². The summed E-state index contributed by atoms with van der Waals surface area (Å²) in [6, 6.07) is 8.49. The number of nitrogens with one attached hydrogen (secondary N) is 1. The smallest absolute Gasteiger partial charge is 0.346 e. The molecular weight excluding hydrogens is 396 g/mol. The average molecular weight is 416 g/mol. The fourth-order valence-electron chi connectivity index (χ4n) is 2.59. The van der Waals surface area contributed by atoms with Crippen molar-refractivity contribution in [2.45, 2.75) is 20.0 Å². The first kappa shape index (κ1) is 22.3. The molecule has 1 atom stereocenters. The number of nitrogens with zero attached hydrogens (tertiary/aromatic N) is 1. The SMILES string of the molecule is COc1cc(C(=O)O[C@H](C)C(=O)Nc2ccccc2C(C)=O)c([N+](=O)[O-])cc1OC. The van der Waals surface area contributed by atoms with E-state index in [4.69, 9.17) is 14.2 Å². The molecule has 0 spiro atoms. The molecule has 2 rings (SSSR count). The Morgan fingerprint density at radius 1 is 1.03 bits per heavy atom. The van der Waals surface area contributed by atoms with Crippen LogP contribution >= 0.6 is 0 Å². The normalized spacial score (nSPS) is 11.2. The molecule has 1 amide bonds. The van der Waals surface area contributed by atoms with Crippen molar-refractivity contribution >= 4 is 29.0 Å². The van der Waals surface area contributed by atoms with Gasteiger partial charge in [0.1, 0.15) is 5.56 Å². The predicted molar refractivity (Wildman–Crippen MR) is 106 cm³/mol. The zero-order valence-electron chi connectivity index (χ0n) is 16.8. The van der Waals surface area contributed by atoms with E-state index in [9.17, 15) is 24.5 Å². The van der Waals surface area contributed by atoms with E-state index in [1.165, 1.54) is 34.1 Å². The van der Waals surface area contributed by atoms with Crippen molar-refractivity contribution in [2.75, 3.05) is 19.5 Å². The van der Waals surface area contributed by atoms with Gasteiger partial charge in [-0.1, -0.05) is 12.1 Å². The van der Waals surface area contributed by atoms with Crippen LogP contribution in [0.1, 0.15) is 34.6 Å². The molecule has 0 aliphatic heterocycles. The van der Waals surface area contributed by atoms with Gasteiger partial charge in [-0.15, -0.1) is 0 Å². The Balaban J connectivity index is 2.24. The molecule has 10 nitrogen and oxygen atoms in total. The first-order chi connectivity index (χ1) is 14.2. The van der Waals surface area contributed by atoms with Crippen LogP contribution in [-0.4, -0.2) is 42.9 Å². The minimum absolute atomic E-state index is 0.0624.